The van der Waals surface area contributed by atoms with Crippen molar-refractivity contribution < 1.29 is 15.3 Å². The molecule has 1 aromatic rings. The molecule has 1 rings (SSSR count). The van der Waals surface area contributed by atoms with E-state index in [1.165, 1.54) is 18.2 Å². The number of nitrogens with two attached hydrogens (primary N) is 1. The molecular weight excluding hydrogens is 218 g/mol. The predicted octanol–water partition coefficient (Wildman–Crippen LogP) is 0.998. The van der Waals surface area contributed by atoms with Crippen LogP contribution in [0.3, 0.4) is 0 Å². The monoisotopic (exact) mass is 231 g/mol. The Labute approximate surface area is 92.9 Å². The topological polar surface area (TPSA) is 86.7 Å². The summed E-state index contributed by atoms with van der Waals surface area (Å²) in [5.41, 5.74) is 6.23. The average molecular weight is 232 g/mol. The van der Waals surface area contributed by atoms with E-state index in [9.17, 15) is 10.2 Å². The fourth-order valence-corrected chi connectivity index (χ4v) is 1.53. The molecule has 0 bridgehead atoms. The van der Waals surface area contributed by atoms with Crippen LogP contribution >= 0.6 is 11.6 Å². The van der Waals surface area contributed by atoms with Crippen molar-refractivity contribution in [1.82, 2.24) is 0 Å². The molecule has 0 saturated heterocycles. The number of nitrogen functional groups attached to an aromatic ring is 1. The van der Waals surface area contributed by atoms with E-state index in [0.717, 1.165) is 0 Å². The Kier molecular flexibility index (Phi) is 4.20. The van der Waals surface area contributed by atoms with Crippen LogP contribution in [0.25, 0.3) is 0 Å². The Balaban J connectivity index is 2.86. The first-order chi connectivity index (χ1) is 7.06. The lowest BCUT2D eigenvalue weighted by Gasteiger charge is -2.18. The van der Waals surface area contributed by atoms with Crippen LogP contribution < -0.4 is 5.73 Å². The number of aromatic hydroxyl groups is 1. The van der Waals surface area contributed by atoms with E-state index in [1.54, 1.807) is 0 Å². The van der Waals surface area contributed by atoms with Crippen LogP contribution in [-0.4, -0.2) is 27.3 Å². The summed E-state index contributed by atoms with van der Waals surface area (Å²) >= 11 is 5.45. The fraction of sp³-hybridized carbons (Fsp3) is 0.400. The van der Waals surface area contributed by atoms with Crippen molar-refractivity contribution in [2.24, 2.45) is 0 Å². The normalized spacial score (nSPS) is 14.9. The molecule has 5 heteroatoms. The SMILES string of the molecule is Nc1cc(O)ccc1C(O)C(O)CCCl. The molecule has 2 unspecified atom stereocenters. The van der Waals surface area contributed by atoms with Crippen molar-refractivity contribution in [1.29, 1.82) is 0 Å². The van der Waals surface area contributed by atoms with Crippen molar-refractivity contribution in [2.75, 3.05) is 11.6 Å². The van der Waals surface area contributed by atoms with Gasteiger partial charge in [0.15, 0.2) is 0 Å². The molecule has 2 atom stereocenters. The summed E-state index contributed by atoms with van der Waals surface area (Å²) in [4.78, 5) is 0. The lowest BCUT2D eigenvalue weighted by molar-refractivity contribution is 0.0174. The number of hydrogen-bond acceptors (Lipinski definition) is 4. The third-order valence-electron chi connectivity index (χ3n) is 2.16. The first-order valence-electron chi connectivity index (χ1n) is 4.56. The fourth-order valence-electron chi connectivity index (χ4n) is 1.31. The van der Waals surface area contributed by atoms with Crippen LogP contribution in [-0.2, 0) is 0 Å². The van der Waals surface area contributed by atoms with Crippen LogP contribution in [0.4, 0.5) is 5.69 Å². The minimum Gasteiger partial charge on any atom is -0.508 e. The first-order valence-corrected chi connectivity index (χ1v) is 5.10. The number of phenolic OH excluding ortho intramolecular Hbond substituents is 1. The van der Waals surface area contributed by atoms with E-state index >= 15 is 0 Å². The Morgan fingerprint density at radius 2 is 2.00 bits per heavy atom. The maximum Gasteiger partial charge on any atom is 0.117 e. The molecule has 0 fully saturated rings. The van der Waals surface area contributed by atoms with Crippen LogP contribution in [0.15, 0.2) is 18.2 Å². The van der Waals surface area contributed by atoms with E-state index in [4.69, 9.17) is 22.4 Å². The van der Waals surface area contributed by atoms with Crippen LogP contribution in [0.2, 0.25) is 0 Å². The number of alkyl halides is 1. The van der Waals surface area contributed by atoms with Gasteiger partial charge in [-0.25, -0.2) is 0 Å². The van der Waals surface area contributed by atoms with E-state index in [2.05, 4.69) is 0 Å². The highest BCUT2D eigenvalue weighted by Gasteiger charge is 2.19. The number of aliphatic hydroxyl groups is 2. The molecule has 0 aliphatic heterocycles. The molecule has 15 heavy (non-hydrogen) atoms. The standard InChI is InChI=1S/C10H14ClNO3/c11-4-3-9(14)10(15)7-2-1-6(13)5-8(7)12/h1-2,5,9-10,13-15H,3-4,12H2. The summed E-state index contributed by atoms with van der Waals surface area (Å²) in [6, 6.07) is 4.21. The third-order valence-corrected chi connectivity index (χ3v) is 2.38. The van der Waals surface area contributed by atoms with Crippen LogP contribution in [0.1, 0.15) is 18.1 Å². The van der Waals surface area contributed by atoms with Crippen molar-refractivity contribution in [3.63, 3.8) is 0 Å². The Bertz CT molecular complexity index is 332. The van der Waals surface area contributed by atoms with E-state index in [0.29, 0.717) is 5.56 Å². The summed E-state index contributed by atoms with van der Waals surface area (Å²) in [5.74, 6) is 0.284. The van der Waals surface area contributed by atoms with Gasteiger partial charge in [0.1, 0.15) is 11.9 Å². The number of anilines is 1. The van der Waals surface area contributed by atoms with E-state index in [1.807, 2.05) is 0 Å². The highest BCUT2D eigenvalue weighted by molar-refractivity contribution is 6.17. The summed E-state index contributed by atoms with van der Waals surface area (Å²) in [6.07, 6.45) is -1.75. The zero-order chi connectivity index (χ0) is 11.4. The van der Waals surface area contributed by atoms with Gasteiger partial charge in [0.2, 0.25) is 0 Å². The quantitative estimate of drug-likeness (QED) is 0.460. The van der Waals surface area contributed by atoms with Gasteiger partial charge in [0, 0.05) is 23.2 Å². The number of phenols is 1. The number of halogens is 1. The number of benzene rings is 1. The summed E-state index contributed by atoms with van der Waals surface area (Å²) in [7, 11) is 0. The molecule has 0 aliphatic rings. The van der Waals surface area contributed by atoms with Gasteiger partial charge in [-0.05, 0) is 12.5 Å². The van der Waals surface area contributed by atoms with Crippen molar-refractivity contribution in [3.8, 4) is 5.75 Å². The molecule has 4 nitrogen and oxygen atoms in total. The maximum absolute atomic E-state index is 9.72. The number of rotatable bonds is 4. The second-order valence-electron chi connectivity index (χ2n) is 3.30. The smallest absolute Gasteiger partial charge is 0.117 e. The zero-order valence-corrected chi connectivity index (χ0v) is 8.85. The van der Waals surface area contributed by atoms with E-state index in [-0.39, 0.29) is 23.7 Å². The second kappa shape index (κ2) is 5.21. The lowest BCUT2D eigenvalue weighted by atomic mass is 10.0. The van der Waals surface area contributed by atoms with Gasteiger partial charge in [0.25, 0.3) is 0 Å². The molecule has 0 aliphatic carbocycles. The highest BCUT2D eigenvalue weighted by Crippen LogP contribution is 2.27. The largest absolute Gasteiger partial charge is 0.508 e. The van der Waals surface area contributed by atoms with Crippen LogP contribution in [0.5, 0.6) is 5.75 Å². The van der Waals surface area contributed by atoms with Gasteiger partial charge >= 0.3 is 0 Å². The Morgan fingerprint density at radius 3 is 2.53 bits per heavy atom. The van der Waals surface area contributed by atoms with Gasteiger partial charge < -0.3 is 21.1 Å². The van der Waals surface area contributed by atoms with Gasteiger partial charge in [-0.3, -0.25) is 0 Å². The molecular formula is C10H14ClNO3. The molecule has 0 radical (unpaired) electrons. The predicted molar refractivity (Wildman–Crippen MR) is 58.8 cm³/mol. The maximum atomic E-state index is 9.72. The summed E-state index contributed by atoms with van der Waals surface area (Å²) < 4.78 is 0. The van der Waals surface area contributed by atoms with E-state index < -0.39 is 12.2 Å². The van der Waals surface area contributed by atoms with Crippen LogP contribution in [0, 0.1) is 0 Å². The molecule has 0 spiro atoms. The first kappa shape index (κ1) is 12.1. The second-order valence-corrected chi connectivity index (χ2v) is 3.68. The van der Waals surface area contributed by atoms with Gasteiger partial charge in [-0.1, -0.05) is 6.07 Å². The highest BCUT2D eigenvalue weighted by atomic mass is 35.5. The number of aliphatic hydroxyl groups excluding tert-OH is 2. The molecule has 0 heterocycles. The Hall–Kier alpha value is -0.970. The molecule has 0 saturated carbocycles. The van der Waals surface area contributed by atoms with Crippen molar-refractivity contribution in [3.05, 3.63) is 23.8 Å². The third kappa shape index (κ3) is 2.99. The van der Waals surface area contributed by atoms with Gasteiger partial charge in [-0.2, -0.15) is 0 Å². The lowest BCUT2D eigenvalue weighted by Crippen LogP contribution is -2.19. The average Bonchev–Trinajstić information content (AvgIpc) is 2.17. The molecule has 0 amide bonds. The summed E-state index contributed by atoms with van der Waals surface area (Å²) in [5, 5.41) is 28.3. The molecule has 84 valence electrons. The van der Waals surface area contributed by atoms with Crippen molar-refractivity contribution >= 4 is 17.3 Å². The Morgan fingerprint density at radius 1 is 1.33 bits per heavy atom. The molecule has 5 N–H and O–H groups in total. The van der Waals surface area contributed by atoms with Gasteiger partial charge in [-0.15, -0.1) is 11.6 Å². The zero-order valence-electron chi connectivity index (χ0n) is 8.10. The minimum atomic E-state index is -1.08. The number of hydrogen-bond donors (Lipinski definition) is 4. The minimum absolute atomic E-state index is 0.0234. The van der Waals surface area contributed by atoms with Gasteiger partial charge in [0.05, 0.1) is 6.10 Å². The van der Waals surface area contributed by atoms with Crippen molar-refractivity contribution in [2.45, 2.75) is 18.6 Å². The molecule has 0 aromatic heterocycles. The summed E-state index contributed by atoms with van der Waals surface area (Å²) in [6.45, 7) is 0. The molecule has 1 aromatic carbocycles.